The lowest BCUT2D eigenvalue weighted by Crippen LogP contribution is -2.43. The smallest absolute Gasteiger partial charge is 0.269 e. The van der Waals surface area contributed by atoms with Gasteiger partial charge in [-0.15, -0.1) is 24.0 Å². The summed E-state index contributed by atoms with van der Waals surface area (Å²) in [6, 6.07) is 6.33. The zero-order valence-corrected chi connectivity index (χ0v) is 19.5. The number of nitrogens with zero attached hydrogens (tertiary/aromatic N) is 4. The zero-order valence-electron chi connectivity index (χ0n) is 17.1. The Hall–Kier alpha value is -1.92. The molecule has 0 aliphatic carbocycles. The highest BCUT2D eigenvalue weighted by molar-refractivity contribution is 14.0. The van der Waals surface area contributed by atoms with Crippen LogP contribution in [0.2, 0.25) is 0 Å². The predicted octanol–water partition coefficient (Wildman–Crippen LogP) is 1.86. The Morgan fingerprint density at radius 3 is 2.70 bits per heavy atom. The Morgan fingerprint density at radius 1 is 1.37 bits per heavy atom. The van der Waals surface area contributed by atoms with E-state index in [0.717, 1.165) is 45.1 Å². The van der Waals surface area contributed by atoms with Crippen molar-refractivity contribution >= 4 is 35.6 Å². The Bertz CT molecular complexity index is 735. The summed E-state index contributed by atoms with van der Waals surface area (Å²) in [6.45, 7) is 7.01. The van der Waals surface area contributed by atoms with Crippen LogP contribution in [0.4, 0.5) is 5.69 Å². The third-order valence-corrected chi connectivity index (χ3v) is 5.10. The summed E-state index contributed by atoms with van der Waals surface area (Å²) in [5.74, 6) is 1.30. The predicted molar refractivity (Wildman–Crippen MR) is 127 cm³/mol. The zero-order chi connectivity index (χ0) is 20.6. The lowest BCUT2D eigenvalue weighted by molar-refractivity contribution is -0.384. The van der Waals surface area contributed by atoms with Gasteiger partial charge in [-0.1, -0.05) is 12.2 Å². The number of aliphatic hydroxyl groups is 1. The highest BCUT2D eigenvalue weighted by Crippen LogP contribution is 2.19. The summed E-state index contributed by atoms with van der Waals surface area (Å²) in [5, 5.41) is 24.2. The first-order chi connectivity index (χ1) is 14.1. The molecule has 0 bridgehead atoms. The van der Waals surface area contributed by atoms with Gasteiger partial charge in [-0.3, -0.25) is 20.0 Å². The molecule has 0 radical (unpaired) electrons. The van der Waals surface area contributed by atoms with Crippen molar-refractivity contribution in [1.82, 2.24) is 15.1 Å². The number of hydrogen-bond acceptors (Lipinski definition) is 6. The fourth-order valence-electron chi connectivity index (χ4n) is 3.55. The second kappa shape index (κ2) is 12.1. The molecule has 2 aliphatic rings. The number of likely N-dealkylation sites (tertiary alicyclic amines) is 1. The molecule has 0 amide bonds. The van der Waals surface area contributed by atoms with Gasteiger partial charge < -0.3 is 20.1 Å². The SMILES string of the molecule is CCNC(=NCC(O)COc1ccc([N+](=O)[O-])cc1)N1CCC(N2CC=CC2)C1.I. The van der Waals surface area contributed by atoms with E-state index in [1.807, 2.05) is 6.92 Å². The van der Waals surface area contributed by atoms with Gasteiger partial charge in [0.1, 0.15) is 18.5 Å². The van der Waals surface area contributed by atoms with Crippen molar-refractivity contribution in [2.45, 2.75) is 25.5 Å². The minimum Gasteiger partial charge on any atom is -0.491 e. The molecule has 3 rings (SSSR count). The highest BCUT2D eigenvalue weighted by atomic mass is 127. The number of guanidine groups is 1. The fraction of sp³-hybridized carbons (Fsp3) is 0.550. The molecular formula is C20H30IN5O4. The molecule has 1 aromatic rings. The van der Waals surface area contributed by atoms with Crippen molar-refractivity contribution in [1.29, 1.82) is 0 Å². The maximum atomic E-state index is 10.7. The summed E-state index contributed by atoms with van der Waals surface area (Å²) < 4.78 is 5.52. The molecule has 2 aliphatic heterocycles. The summed E-state index contributed by atoms with van der Waals surface area (Å²) in [6.07, 6.45) is 4.77. The summed E-state index contributed by atoms with van der Waals surface area (Å²) in [7, 11) is 0. The van der Waals surface area contributed by atoms with E-state index < -0.39 is 11.0 Å². The quantitative estimate of drug-likeness (QED) is 0.132. The largest absolute Gasteiger partial charge is 0.491 e. The molecule has 9 nitrogen and oxygen atoms in total. The average molecular weight is 531 g/mol. The van der Waals surface area contributed by atoms with Gasteiger partial charge in [-0.25, -0.2) is 0 Å². The van der Waals surface area contributed by atoms with E-state index in [-0.39, 0.29) is 42.8 Å². The number of aliphatic imine (C=N–C) groups is 1. The average Bonchev–Trinajstić information content (AvgIpc) is 3.41. The van der Waals surface area contributed by atoms with Crippen LogP contribution in [0.5, 0.6) is 5.75 Å². The standard InChI is InChI=1S/C20H29N5O4.HI/c1-2-21-20(24-12-9-17(14-24)23-10-3-4-11-23)22-13-18(26)15-29-19-7-5-16(6-8-19)25(27)28;/h3-8,17-18,26H,2,9-15H2,1H3,(H,21,22);1H. The van der Waals surface area contributed by atoms with Crippen LogP contribution in [0.3, 0.4) is 0 Å². The number of ether oxygens (including phenoxy) is 1. The number of nitrogens with one attached hydrogen (secondary N) is 1. The van der Waals surface area contributed by atoms with Crippen molar-refractivity contribution in [3.63, 3.8) is 0 Å². The van der Waals surface area contributed by atoms with Gasteiger partial charge in [-0.2, -0.15) is 0 Å². The molecule has 2 heterocycles. The maximum Gasteiger partial charge on any atom is 0.269 e. The van der Waals surface area contributed by atoms with Crippen molar-refractivity contribution in [3.05, 3.63) is 46.5 Å². The third kappa shape index (κ3) is 6.81. The molecule has 2 N–H and O–H groups in total. The van der Waals surface area contributed by atoms with E-state index in [4.69, 9.17) is 4.74 Å². The van der Waals surface area contributed by atoms with Crippen LogP contribution < -0.4 is 10.1 Å². The second-order valence-electron chi connectivity index (χ2n) is 7.22. The maximum absolute atomic E-state index is 10.7. The fourth-order valence-corrected chi connectivity index (χ4v) is 3.55. The number of halogens is 1. The first kappa shape index (κ1) is 24.4. The molecule has 1 aromatic carbocycles. The van der Waals surface area contributed by atoms with Crippen LogP contribution in [0.15, 0.2) is 41.4 Å². The van der Waals surface area contributed by atoms with Crippen LogP contribution in [0, 0.1) is 10.1 Å². The number of rotatable bonds is 8. The van der Waals surface area contributed by atoms with Gasteiger partial charge >= 0.3 is 0 Å². The van der Waals surface area contributed by atoms with Crippen LogP contribution in [0.1, 0.15) is 13.3 Å². The van der Waals surface area contributed by atoms with Crippen LogP contribution in [0.25, 0.3) is 0 Å². The summed E-state index contributed by atoms with van der Waals surface area (Å²) in [5.41, 5.74) is 0.00593. The van der Waals surface area contributed by atoms with E-state index in [1.54, 1.807) is 0 Å². The van der Waals surface area contributed by atoms with Crippen LogP contribution in [-0.4, -0.2) is 83.8 Å². The molecule has 166 valence electrons. The molecule has 2 unspecified atom stereocenters. The van der Waals surface area contributed by atoms with Crippen molar-refractivity contribution in [2.75, 3.05) is 45.9 Å². The van der Waals surface area contributed by atoms with Crippen LogP contribution in [-0.2, 0) is 0 Å². The third-order valence-electron chi connectivity index (χ3n) is 5.10. The molecule has 10 heteroatoms. The van der Waals surface area contributed by atoms with Crippen LogP contribution >= 0.6 is 24.0 Å². The number of nitro groups is 1. The first-order valence-electron chi connectivity index (χ1n) is 10.0. The summed E-state index contributed by atoms with van der Waals surface area (Å²) >= 11 is 0. The number of hydrogen-bond donors (Lipinski definition) is 2. The number of non-ortho nitro benzene ring substituents is 1. The minimum absolute atomic E-state index is 0. The molecule has 1 saturated heterocycles. The van der Waals surface area contributed by atoms with Gasteiger partial charge in [0.2, 0.25) is 0 Å². The Balaban J connectivity index is 0.00000320. The normalized spacial score (nSPS) is 20.1. The minimum atomic E-state index is -0.764. The van der Waals surface area contributed by atoms with E-state index >= 15 is 0 Å². The number of aliphatic hydroxyl groups excluding tert-OH is 1. The first-order valence-corrected chi connectivity index (χ1v) is 10.0. The highest BCUT2D eigenvalue weighted by Gasteiger charge is 2.29. The van der Waals surface area contributed by atoms with Gasteiger partial charge in [0.05, 0.1) is 11.5 Å². The second-order valence-corrected chi connectivity index (χ2v) is 7.22. The molecule has 30 heavy (non-hydrogen) atoms. The van der Waals surface area contributed by atoms with Gasteiger partial charge in [-0.05, 0) is 25.5 Å². The van der Waals surface area contributed by atoms with Gasteiger partial charge in [0.15, 0.2) is 5.96 Å². The Kier molecular flexibility index (Phi) is 9.79. The van der Waals surface area contributed by atoms with E-state index in [0.29, 0.717) is 11.8 Å². The molecular weight excluding hydrogens is 501 g/mol. The molecule has 0 saturated carbocycles. The summed E-state index contributed by atoms with van der Waals surface area (Å²) in [4.78, 5) is 19.5. The van der Waals surface area contributed by atoms with Crippen molar-refractivity contribution in [2.24, 2.45) is 4.99 Å². The van der Waals surface area contributed by atoms with E-state index in [1.165, 1.54) is 24.3 Å². The van der Waals surface area contributed by atoms with Crippen molar-refractivity contribution < 1.29 is 14.8 Å². The Labute approximate surface area is 194 Å². The number of benzene rings is 1. The van der Waals surface area contributed by atoms with E-state index in [9.17, 15) is 15.2 Å². The molecule has 2 atom stereocenters. The topological polar surface area (TPSA) is 103 Å². The lowest BCUT2D eigenvalue weighted by atomic mass is 10.2. The van der Waals surface area contributed by atoms with Gasteiger partial charge in [0, 0.05) is 50.9 Å². The molecule has 0 spiro atoms. The lowest BCUT2D eigenvalue weighted by Gasteiger charge is -2.25. The molecule has 0 aromatic heterocycles. The van der Waals surface area contributed by atoms with E-state index in [2.05, 4.69) is 32.3 Å². The monoisotopic (exact) mass is 531 g/mol. The molecule has 1 fully saturated rings. The Morgan fingerprint density at radius 2 is 2.07 bits per heavy atom. The number of nitro benzene ring substituents is 1. The van der Waals surface area contributed by atoms with Gasteiger partial charge in [0.25, 0.3) is 5.69 Å². The van der Waals surface area contributed by atoms with Crippen molar-refractivity contribution in [3.8, 4) is 5.75 Å².